The van der Waals surface area contributed by atoms with Gasteiger partial charge in [-0.15, -0.1) is 24.0 Å². The Kier molecular flexibility index (Phi) is 10.7. The summed E-state index contributed by atoms with van der Waals surface area (Å²) in [6.45, 7) is 6.84. The van der Waals surface area contributed by atoms with E-state index in [1.165, 1.54) is 12.8 Å². The molecule has 2 aliphatic rings. The lowest BCUT2D eigenvalue weighted by molar-refractivity contribution is -0.129. The minimum absolute atomic E-state index is 0. The van der Waals surface area contributed by atoms with Crippen LogP contribution in [0.4, 0.5) is 0 Å². The molecular weight excluding hydrogens is 507 g/mol. The van der Waals surface area contributed by atoms with Crippen molar-refractivity contribution in [2.24, 2.45) is 4.99 Å². The molecule has 1 aromatic carbocycles. The van der Waals surface area contributed by atoms with E-state index < -0.39 is 0 Å². The van der Waals surface area contributed by atoms with E-state index in [9.17, 15) is 4.79 Å². The van der Waals surface area contributed by atoms with E-state index in [0.29, 0.717) is 13.0 Å². The number of guanidine groups is 1. The molecule has 2 N–H and O–H groups in total. The first kappa shape index (κ1) is 25.5. The van der Waals surface area contributed by atoms with Crippen LogP contribution in [0.15, 0.2) is 23.2 Å². The van der Waals surface area contributed by atoms with E-state index in [4.69, 9.17) is 14.5 Å². The Labute approximate surface area is 203 Å². The largest absolute Gasteiger partial charge is 0.493 e. The molecule has 1 aliphatic carbocycles. The van der Waals surface area contributed by atoms with E-state index >= 15 is 0 Å². The lowest BCUT2D eigenvalue weighted by Crippen LogP contribution is -2.45. The monoisotopic (exact) mass is 544 g/mol. The molecule has 1 saturated carbocycles. The molecule has 3 rings (SSSR count). The summed E-state index contributed by atoms with van der Waals surface area (Å²) in [5, 5.41) is 6.79. The fraction of sp³-hybridized carbons (Fsp3) is 0.652. The number of carbonyl (C=O) groups is 1. The van der Waals surface area contributed by atoms with Crippen LogP contribution in [0.25, 0.3) is 0 Å². The molecular formula is C23H37IN4O3. The van der Waals surface area contributed by atoms with E-state index in [0.717, 1.165) is 61.9 Å². The first-order valence-corrected chi connectivity index (χ1v) is 11.3. The molecule has 1 unspecified atom stereocenters. The van der Waals surface area contributed by atoms with Crippen LogP contribution in [0.1, 0.15) is 57.9 Å². The van der Waals surface area contributed by atoms with Gasteiger partial charge in [0.05, 0.1) is 19.8 Å². The predicted octanol–water partition coefficient (Wildman–Crippen LogP) is 3.70. The van der Waals surface area contributed by atoms with Gasteiger partial charge in [0.1, 0.15) is 0 Å². The highest BCUT2D eigenvalue weighted by Gasteiger charge is 2.25. The summed E-state index contributed by atoms with van der Waals surface area (Å²) < 4.78 is 11.7. The Morgan fingerprint density at radius 3 is 2.65 bits per heavy atom. The molecule has 1 heterocycles. The molecule has 1 aromatic rings. The molecule has 1 amide bonds. The standard InChI is InChI=1S/C23H36N4O3.HI/c1-4-22(28)27-13-12-18(16-27)26-23(24-5-2)25-15-17-10-11-20(29-3)21(14-17)30-19-8-6-7-9-19;/h10-11,14,18-19H,4-9,12-13,15-16H2,1-3H3,(H2,24,25,26);1H. The average Bonchev–Trinajstić information content (AvgIpc) is 3.44. The first-order chi connectivity index (χ1) is 14.6. The predicted molar refractivity (Wildman–Crippen MR) is 135 cm³/mol. The summed E-state index contributed by atoms with van der Waals surface area (Å²) in [5.41, 5.74) is 1.08. The fourth-order valence-corrected chi connectivity index (χ4v) is 4.11. The number of likely N-dealkylation sites (tertiary alicyclic amines) is 1. The minimum atomic E-state index is 0. The molecule has 2 fully saturated rings. The molecule has 31 heavy (non-hydrogen) atoms. The maximum absolute atomic E-state index is 11.9. The number of nitrogens with one attached hydrogen (secondary N) is 2. The van der Waals surface area contributed by atoms with E-state index in [2.05, 4.69) is 17.6 Å². The van der Waals surface area contributed by atoms with Gasteiger partial charge in [0.2, 0.25) is 5.91 Å². The first-order valence-electron chi connectivity index (χ1n) is 11.3. The third kappa shape index (κ3) is 7.43. The summed E-state index contributed by atoms with van der Waals surface area (Å²) in [5.74, 6) is 2.57. The Balaban J connectivity index is 0.00000341. The van der Waals surface area contributed by atoms with Crippen LogP contribution in [0.2, 0.25) is 0 Å². The van der Waals surface area contributed by atoms with Gasteiger partial charge in [-0.25, -0.2) is 4.99 Å². The third-order valence-electron chi connectivity index (χ3n) is 5.77. The zero-order valence-corrected chi connectivity index (χ0v) is 21.3. The lowest BCUT2D eigenvalue weighted by Gasteiger charge is -2.19. The Bertz CT molecular complexity index is 738. The second kappa shape index (κ2) is 13.0. The Morgan fingerprint density at radius 1 is 1.19 bits per heavy atom. The number of halogens is 1. The van der Waals surface area contributed by atoms with Crippen molar-refractivity contribution in [2.75, 3.05) is 26.7 Å². The van der Waals surface area contributed by atoms with Crippen LogP contribution >= 0.6 is 24.0 Å². The van der Waals surface area contributed by atoms with E-state index in [1.54, 1.807) is 7.11 Å². The average molecular weight is 544 g/mol. The Hall–Kier alpha value is -1.71. The summed E-state index contributed by atoms with van der Waals surface area (Å²) in [7, 11) is 1.68. The molecule has 1 atom stereocenters. The lowest BCUT2D eigenvalue weighted by atomic mass is 10.2. The van der Waals surface area contributed by atoms with Gasteiger partial charge in [-0.05, 0) is 56.7 Å². The molecule has 0 bridgehead atoms. The number of carbonyl (C=O) groups excluding carboxylic acids is 1. The van der Waals surface area contributed by atoms with Crippen molar-refractivity contribution in [2.45, 2.75) is 71.1 Å². The van der Waals surface area contributed by atoms with Crippen molar-refractivity contribution in [3.05, 3.63) is 23.8 Å². The van der Waals surface area contributed by atoms with Crippen LogP contribution < -0.4 is 20.1 Å². The fourth-order valence-electron chi connectivity index (χ4n) is 4.11. The number of ether oxygens (including phenoxy) is 2. The number of rotatable bonds is 8. The van der Waals surface area contributed by atoms with Gasteiger partial charge < -0.3 is 25.0 Å². The Morgan fingerprint density at radius 2 is 1.97 bits per heavy atom. The molecule has 8 heteroatoms. The van der Waals surface area contributed by atoms with Gasteiger partial charge >= 0.3 is 0 Å². The zero-order chi connectivity index (χ0) is 21.3. The second-order valence-electron chi connectivity index (χ2n) is 8.03. The number of hydrogen-bond acceptors (Lipinski definition) is 4. The maximum atomic E-state index is 11.9. The van der Waals surface area contributed by atoms with Crippen LogP contribution in [-0.4, -0.2) is 55.7 Å². The second-order valence-corrected chi connectivity index (χ2v) is 8.03. The zero-order valence-electron chi connectivity index (χ0n) is 19.0. The van der Waals surface area contributed by atoms with Crippen molar-refractivity contribution in [3.63, 3.8) is 0 Å². The molecule has 1 aliphatic heterocycles. The smallest absolute Gasteiger partial charge is 0.222 e. The molecule has 1 saturated heterocycles. The van der Waals surface area contributed by atoms with E-state index in [-0.39, 0.29) is 42.0 Å². The highest BCUT2D eigenvalue weighted by molar-refractivity contribution is 14.0. The van der Waals surface area contributed by atoms with Gasteiger partial charge in [-0.1, -0.05) is 13.0 Å². The van der Waals surface area contributed by atoms with Crippen molar-refractivity contribution >= 4 is 35.8 Å². The number of benzene rings is 1. The summed E-state index contributed by atoms with van der Waals surface area (Å²) in [4.78, 5) is 18.6. The van der Waals surface area contributed by atoms with Gasteiger partial charge in [0, 0.05) is 32.1 Å². The number of amides is 1. The van der Waals surface area contributed by atoms with Gasteiger partial charge in [0.25, 0.3) is 0 Å². The molecule has 0 radical (unpaired) electrons. The highest BCUT2D eigenvalue weighted by atomic mass is 127. The van der Waals surface area contributed by atoms with Crippen LogP contribution in [-0.2, 0) is 11.3 Å². The van der Waals surface area contributed by atoms with Crippen LogP contribution in [0, 0.1) is 0 Å². The minimum Gasteiger partial charge on any atom is -0.493 e. The number of aliphatic imine (C=N–C) groups is 1. The van der Waals surface area contributed by atoms with Gasteiger partial charge in [-0.2, -0.15) is 0 Å². The quantitative estimate of drug-likeness (QED) is 0.297. The third-order valence-corrected chi connectivity index (χ3v) is 5.77. The molecule has 0 spiro atoms. The van der Waals surface area contributed by atoms with Crippen molar-refractivity contribution in [1.82, 2.24) is 15.5 Å². The summed E-state index contributed by atoms with van der Waals surface area (Å²) in [6, 6.07) is 6.27. The number of nitrogens with zero attached hydrogens (tertiary/aromatic N) is 2. The number of hydrogen-bond donors (Lipinski definition) is 2. The SMILES string of the molecule is CCNC(=NCc1ccc(OC)c(OC2CCCC2)c1)NC1CCN(C(=O)CC)C1.I. The summed E-state index contributed by atoms with van der Waals surface area (Å²) >= 11 is 0. The van der Waals surface area contributed by atoms with Crippen molar-refractivity contribution < 1.29 is 14.3 Å². The van der Waals surface area contributed by atoms with Crippen molar-refractivity contribution in [1.29, 1.82) is 0 Å². The van der Waals surface area contributed by atoms with Crippen LogP contribution in [0.5, 0.6) is 11.5 Å². The highest BCUT2D eigenvalue weighted by Crippen LogP contribution is 2.32. The van der Waals surface area contributed by atoms with Gasteiger partial charge in [-0.3, -0.25) is 4.79 Å². The topological polar surface area (TPSA) is 75.2 Å². The van der Waals surface area contributed by atoms with Gasteiger partial charge in [0.15, 0.2) is 17.5 Å². The van der Waals surface area contributed by atoms with E-state index in [1.807, 2.05) is 30.0 Å². The normalized spacial score (nSPS) is 19.1. The number of methoxy groups -OCH3 is 1. The maximum Gasteiger partial charge on any atom is 0.222 e. The molecule has 174 valence electrons. The summed E-state index contributed by atoms with van der Waals surface area (Å²) in [6.07, 6.45) is 6.47. The van der Waals surface area contributed by atoms with Crippen molar-refractivity contribution in [3.8, 4) is 11.5 Å². The van der Waals surface area contributed by atoms with Crippen LogP contribution in [0.3, 0.4) is 0 Å². The molecule has 7 nitrogen and oxygen atoms in total. The molecule has 0 aromatic heterocycles.